The van der Waals surface area contributed by atoms with Gasteiger partial charge in [-0.3, -0.25) is 9.59 Å². The maximum atomic E-state index is 13.3. The molecule has 2 atom stereocenters. The molecule has 0 aliphatic carbocycles. The maximum absolute atomic E-state index is 13.3. The highest BCUT2D eigenvalue weighted by atomic mass is 16.5. The number of rotatable bonds is 5. The van der Waals surface area contributed by atoms with Crippen LogP contribution in [0.5, 0.6) is 5.75 Å². The first-order valence-electron chi connectivity index (χ1n) is 11.5. The Bertz CT molecular complexity index is 1130. The second kappa shape index (κ2) is 8.77. The topological polar surface area (TPSA) is 63.0 Å². The van der Waals surface area contributed by atoms with Crippen LogP contribution in [-0.2, 0) is 4.79 Å². The molecule has 2 aliphatic rings. The van der Waals surface area contributed by atoms with Gasteiger partial charge >= 0.3 is 0 Å². The van der Waals surface area contributed by atoms with Crippen molar-refractivity contribution in [3.8, 4) is 5.75 Å². The number of piperidine rings is 1. The summed E-state index contributed by atoms with van der Waals surface area (Å²) in [7, 11) is 0. The summed E-state index contributed by atoms with van der Waals surface area (Å²) in [6.07, 6.45) is 2.44. The van der Waals surface area contributed by atoms with Gasteiger partial charge in [0.1, 0.15) is 11.8 Å². The van der Waals surface area contributed by atoms with E-state index in [4.69, 9.17) is 9.15 Å². The van der Waals surface area contributed by atoms with Gasteiger partial charge in [0.2, 0.25) is 6.10 Å². The first kappa shape index (κ1) is 21.3. The molecular formula is C27H28N2O4. The van der Waals surface area contributed by atoms with Crippen molar-refractivity contribution >= 4 is 11.8 Å². The standard InChI is InChI=1S/C27H28N2O4/c1-18-10-11-20(17-19(18)2)24-25(33-22-7-4-3-5-8-22)27(31)29(24)21-12-14-28(15-13-21)26(30)23-9-6-16-32-23/h3-11,16-17,21,24-25H,12-15H2,1-2H3/t24-,25+/m0/s1. The fraction of sp³-hybridized carbons (Fsp3) is 0.333. The highest BCUT2D eigenvalue weighted by Gasteiger charge is 2.53. The average Bonchev–Trinajstić information content (AvgIpc) is 3.38. The van der Waals surface area contributed by atoms with Crippen LogP contribution in [0.3, 0.4) is 0 Å². The summed E-state index contributed by atoms with van der Waals surface area (Å²) in [5.41, 5.74) is 3.51. The zero-order chi connectivity index (χ0) is 22.9. The molecule has 33 heavy (non-hydrogen) atoms. The van der Waals surface area contributed by atoms with E-state index in [2.05, 4.69) is 32.0 Å². The largest absolute Gasteiger partial charge is 0.478 e. The zero-order valence-electron chi connectivity index (χ0n) is 18.9. The molecule has 2 aromatic carbocycles. The Morgan fingerprint density at radius 3 is 2.39 bits per heavy atom. The number of benzene rings is 2. The molecule has 2 amide bonds. The van der Waals surface area contributed by atoms with Crippen molar-refractivity contribution in [2.24, 2.45) is 0 Å². The van der Waals surface area contributed by atoms with Crippen molar-refractivity contribution in [1.29, 1.82) is 0 Å². The quantitative estimate of drug-likeness (QED) is 0.543. The minimum Gasteiger partial charge on any atom is -0.478 e. The molecule has 6 nitrogen and oxygen atoms in total. The second-order valence-corrected chi connectivity index (χ2v) is 8.89. The average molecular weight is 445 g/mol. The molecule has 2 saturated heterocycles. The fourth-order valence-electron chi connectivity index (χ4n) is 4.84. The van der Waals surface area contributed by atoms with Crippen molar-refractivity contribution in [2.75, 3.05) is 13.1 Å². The summed E-state index contributed by atoms with van der Waals surface area (Å²) in [5, 5.41) is 0. The lowest BCUT2D eigenvalue weighted by Gasteiger charge is -2.52. The summed E-state index contributed by atoms with van der Waals surface area (Å²) in [6.45, 7) is 5.37. The number of hydrogen-bond acceptors (Lipinski definition) is 4. The number of furan rings is 1. The predicted molar refractivity (Wildman–Crippen MR) is 124 cm³/mol. The van der Waals surface area contributed by atoms with E-state index in [0.717, 1.165) is 18.4 Å². The van der Waals surface area contributed by atoms with Crippen molar-refractivity contribution < 1.29 is 18.7 Å². The number of β-lactam (4-membered cyclic amide) rings is 1. The van der Waals surface area contributed by atoms with Crippen LogP contribution in [0.1, 0.15) is 46.1 Å². The first-order valence-corrected chi connectivity index (χ1v) is 11.5. The van der Waals surface area contributed by atoms with Gasteiger partial charge in [-0.1, -0.05) is 36.4 Å². The van der Waals surface area contributed by atoms with Crippen molar-refractivity contribution in [3.63, 3.8) is 0 Å². The van der Waals surface area contributed by atoms with E-state index < -0.39 is 6.10 Å². The molecule has 3 heterocycles. The summed E-state index contributed by atoms with van der Waals surface area (Å²) in [5.74, 6) is 0.975. The van der Waals surface area contributed by atoms with Crippen LogP contribution in [-0.4, -0.2) is 46.8 Å². The van der Waals surface area contributed by atoms with Gasteiger partial charge in [0, 0.05) is 19.1 Å². The van der Waals surface area contributed by atoms with E-state index in [9.17, 15) is 9.59 Å². The molecule has 0 saturated carbocycles. The normalized spacial score (nSPS) is 21.1. The molecule has 0 spiro atoms. The number of nitrogens with zero attached hydrogens (tertiary/aromatic N) is 2. The smallest absolute Gasteiger partial charge is 0.289 e. The third-order valence-corrected chi connectivity index (χ3v) is 6.84. The van der Waals surface area contributed by atoms with Crippen LogP contribution >= 0.6 is 0 Å². The number of aryl methyl sites for hydroxylation is 2. The van der Waals surface area contributed by atoms with Crippen LogP contribution in [0.2, 0.25) is 0 Å². The Hall–Kier alpha value is -3.54. The van der Waals surface area contributed by atoms with E-state index in [1.54, 1.807) is 12.1 Å². The van der Waals surface area contributed by atoms with Gasteiger partial charge in [-0.15, -0.1) is 0 Å². The molecular weight excluding hydrogens is 416 g/mol. The van der Waals surface area contributed by atoms with Gasteiger partial charge in [-0.2, -0.15) is 0 Å². The highest BCUT2D eigenvalue weighted by Crippen LogP contribution is 2.42. The van der Waals surface area contributed by atoms with Gasteiger partial charge in [-0.05, 0) is 67.6 Å². The van der Waals surface area contributed by atoms with Crippen LogP contribution in [0, 0.1) is 13.8 Å². The van der Waals surface area contributed by atoms with Gasteiger partial charge in [0.05, 0.1) is 6.26 Å². The fourth-order valence-corrected chi connectivity index (χ4v) is 4.84. The van der Waals surface area contributed by atoms with Crippen molar-refractivity contribution in [2.45, 2.75) is 44.9 Å². The third-order valence-electron chi connectivity index (χ3n) is 6.84. The number of amides is 2. The summed E-state index contributed by atoms with van der Waals surface area (Å²) in [6, 6.07) is 19.2. The number of para-hydroxylation sites is 1. The molecule has 6 heteroatoms. The van der Waals surface area contributed by atoms with Crippen molar-refractivity contribution in [1.82, 2.24) is 9.80 Å². The minimum absolute atomic E-state index is 0.0119. The molecule has 2 fully saturated rings. The van der Waals surface area contributed by atoms with Gasteiger partial charge in [0.15, 0.2) is 5.76 Å². The van der Waals surface area contributed by atoms with Crippen LogP contribution in [0.4, 0.5) is 0 Å². The SMILES string of the molecule is Cc1ccc([C@H]2[C@@H](Oc3ccccc3)C(=O)N2C2CCN(C(=O)c3ccco3)CC2)cc1C. The molecule has 0 unspecified atom stereocenters. The Balaban J connectivity index is 1.35. The molecule has 3 aromatic rings. The van der Waals surface area contributed by atoms with Crippen LogP contribution in [0.15, 0.2) is 71.3 Å². The Kier molecular flexibility index (Phi) is 5.67. The molecule has 170 valence electrons. The molecule has 5 rings (SSSR count). The molecule has 2 aliphatic heterocycles. The Morgan fingerprint density at radius 2 is 1.73 bits per heavy atom. The van der Waals surface area contributed by atoms with E-state index in [1.165, 1.54) is 17.4 Å². The van der Waals surface area contributed by atoms with Crippen molar-refractivity contribution in [3.05, 3.63) is 89.4 Å². The van der Waals surface area contributed by atoms with Gasteiger partial charge in [0.25, 0.3) is 11.8 Å². The Morgan fingerprint density at radius 1 is 0.970 bits per heavy atom. The third kappa shape index (κ3) is 4.01. The number of ether oxygens (including phenoxy) is 1. The summed E-state index contributed by atoms with van der Waals surface area (Å²) in [4.78, 5) is 29.7. The zero-order valence-corrected chi connectivity index (χ0v) is 18.9. The highest BCUT2D eigenvalue weighted by molar-refractivity contribution is 5.92. The Labute approximate surface area is 193 Å². The lowest BCUT2D eigenvalue weighted by molar-refractivity contribution is -0.171. The van der Waals surface area contributed by atoms with E-state index in [-0.39, 0.29) is 23.9 Å². The lowest BCUT2D eigenvalue weighted by Crippen LogP contribution is -2.65. The summed E-state index contributed by atoms with van der Waals surface area (Å²) < 4.78 is 11.4. The van der Waals surface area contributed by atoms with E-state index in [0.29, 0.717) is 24.6 Å². The first-order chi connectivity index (χ1) is 16.0. The lowest BCUT2D eigenvalue weighted by atomic mass is 9.85. The molecule has 1 aromatic heterocycles. The molecule has 0 radical (unpaired) electrons. The van der Waals surface area contributed by atoms with E-state index >= 15 is 0 Å². The predicted octanol–water partition coefficient (Wildman–Crippen LogP) is 4.53. The van der Waals surface area contributed by atoms with E-state index in [1.807, 2.05) is 40.1 Å². The molecule has 0 bridgehead atoms. The van der Waals surface area contributed by atoms with Gasteiger partial charge < -0.3 is 19.0 Å². The number of carbonyl (C=O) groups excluding carboxylic acids is 2. The maximum Gasteiger partial charge on any atom is 0.289 e. The number of carbonyl (C=O) groups is 2. The monoisotopic (exact) mass is 444 g/mol. The summed E-state index contributed by atoms with van der Waals surface area (Å²) >= 11 is 0. The van der Waals surface area contributed by atoms with Crippen LogP contribution < -0.4 is 4.74 Å². The second-order valence-electron chi connectivity index (χ2n) is 8.89. The minimum atomic E-state index is -0.544. The number of likely N-dealkylation sites (tertiary alicyclic amines) is 2. The molecule has 0 N–H and O–H groups in total. The number of hydrogen-bond donors (Lipinski definition) is 0. The van der Waals surface area contributed by atoms with Crippen LogP contribution in [0.25, 0.3) is 0 Å². The van der Waals surface area contributed by atoms with Gasteiger partial charge in [-0.25, -0.2) is 0 Å².